The fourth-order valence-electron chi connectivity index (χ4n) is 2.99. The first-order valence-electron chi connectivity index (χ1n) is 9.49. The molecule has 0 spiro atoms. The van der Waals surface area contributed by atoms with E-state index in [1.165, 1.54) is 45.0 Å². The summed E-state index contributed by atoms with van der Waals surface area (Å²) in [7, 11) is -3.99. The van der Waals surface area contributed by atoms with E-state index in [0.29, 0.717) is 5.69 Å². The number of hydrogen-bond acceptors (Lipinski definition) is 6. The Morgan fingerprint density at radius 3 is 2.21 bits per heavy atom. The van der Waals surface area contributed by atoms with Crippen LogP contribution in [0.5, 0.6) is 0 Å². The quantitative estimate of drug-likeness (QED) is 0.538. The molecule has 1 fully saturated rings. The van der Waals surface area contributed by atoms with Crippen molar-refractivity contribution in [1.29, 1.82) is 0 Å². The van der Waals surface area contributed by atoms with Crippen LogP contribution in [0, 0.1) is 0 Å². The largest absolute Gasteiger partial charge is 0.451 e. The Hall–Kier alpha value is -2.46. The molecule has 0 saturated heterocycles. The summed E-state index contributed by atoms with van der Waals surface area (Å²) in [4.78, 5) is 35.3. The Labute approximate surface area is 170 Å². The normalized spacial score (nSPS) is 16.7. The molecule has 3 N–H and O–H groups in total. The van der Waals surface area contributed by atoms with E-state index < -0.39 is 34.0 Å². The van der Waals surface area contributed by atoms with E-state index in [4.69, 9.17) is 4.74 Å². The number of anilines is 1. The van der Waals surface area contributed by atoms with Gasteiger partial charge in [-0.2, -0.15) is 4.72 Å². The van der Waals surface area contributed by atoms with Crippen molar-refractivity contribution in [2.75, 3.05) is 5.32 Å². The molecule has 0 bridgehead atoms. The van der Waals surface area contributed by atoms with E-state index in [2.05, 4.69) is 15.4 Å². The van der Waals surface area contributed by atoms with E-state index in [1.54, 1.807) is 0 Å². The number of ether oxygens (including phenoxy) is 1. The highest BCUT2D eigenvalue weighted by atomic mass is 32.2. The SMILES string of the molecule is CC(=O)Nc1ccc(S(=O)(=O)N[C@@H](C)C(=O)O[C@@H](C)C(=O)NC2CCCC2)cc1. The molecule has 1 aromatic rings. The summed E-state index contributed by atoms with van der Waals surface area (Å²) in [5.74, 6) is -1.52. The fourth-order valence-corrected chi connectivity index (χ4v) is 4.18. The molecular weight excluding hydrogens is 398 g/mol. The van der Waals surface area contributed by atoms with Gasteiger partial charge in [-0.1, -0.05) is 12.8 Å². The zero-order valence-electron chi connectivity index (χ0n) is 16.7. The van der Waals surface area contributed by atoms with Gasteiger partial charge in [0, 0.05) is 18.7 Å². The highest BCUT2D eigenvalue weighted by Gasteiger charge is 2.27. The average molecular weight is 426 g/mol. The summed E-state index contributed by atoms with van der Waals surface area (Å²) in [5.41, 5.74) is 0.450. The van der Waals surface area contributed by atoms with Gasteiger partial charge in [-0.05, 0) is 51.0 Å². The summed E-state index contributed by atoms with van der Waals surface area (Å²) < 4.78 is 32.2. The molecule has 2 atom stereocenters. The van der Waals surface area contributed by atoms with Crippen LogP contribution in [0.4, 0.5) is 5.69 Å². The lowest BCUT2D eigenvalue weighted by molar-refractivity contribution is -0.156. The highest BCUT2D eigenvalue weighted by molar-refractivity contribution is 7.89. The van der Waals surface area contributed by atoms with Crippen molar-refractivity contribution in [3.05, 3.63) is 24.3 Å². The van der Waals surface area contributed by atoms with Gasteiger partial charge >= 0.3 is 5.97 Å². The van der Waals surface area contributed by atoms with Gasteiger partial charge in [-0.15, -0.1) is 0 Å². The molecule has 9 nitrogen and oxygen atoms in total. The maximum Gasteiger partial charge on any atom is 0.324 e. The number of rotatable bonds is 8. The molecule has 0 radical (unpaired) electrons. The van der Waals surface area contributed by atoms with Gasteiger partial charge < -0.3 is 15.4 Å². The van der Waals surface area contributed by atoms with Crippen LogP contribution >= 0.6 is 0 Å². The van der Waals surface area contributed by atoms with Crippen LogP contribution in [0.15, 0.2) is 29.2 Å². The lowest BCUT2D eigenvalue weighted by Gasteiger charge is -2.19. The number of sulfonamides is 1. The predicted octanol–water partition coefficient (Wildman–Crippen LogP) is 1.30. The lowest BCUT2D eigenvalue weighted by atomic mass is 10.2. The second kappa shape index (κ2) is 9.84. The third kappa shape index (κ3) is 6.82. The van der Waals surface area contributed by atoms with Crippen LogP contribution in [-0.2, 0) is 29.1 Å². The molecule has 1 aliphatic carbocycles. The topological polar surface area (TPSA) is 131 Å². The molecule has 10 heteroatoms. The van der Waals surface area contributed by atoms with E-state index in [1.807, 2.05) is 0 Å². The maximum atomic E-state index is 12.4. The van der Waals surface area contributed by atoms with Gasteiger partial charge in [-0.3, -0.25) is 14.4 Å². The smallest absolute Gasteiger partial charge is 0.324 e. The molecule has 2 rings (SSSR count). The highest BCUT2D eigenvalue weighted by Crippen LogP contribution is 2.18. The summed E-state index contributed by atoms with van der Waals surface area (Å²) in [6.45, 7) is 4.13. The average Bonchev–Trinajstić information content (AvgIpc) is 3.14. The Bertz CT molecular complexity index is 847. The van der Waals surface area contributed by atoms with Crippen molar-refractivity contribution in [3.63, 3.8) is 0 Å². The molecule has 29 heavy (non-hydrogen) atoms. The number of benzene rings is 1. The summed E-state index contributed by atoms with van der Waals surface area (Å²) in [6, 6.07) is 4.41. The first-order valence-corrected chi connectivity index (χ1v) is 11.0. The van der Waals surface area contributed by atoms with Gasteiger partial charge in [0.2, 0.25) is 15.9 Å². The third-order valence-electron chi connectivity index (χ3n) is 4.53. The van der Waals surface area contributed by atoms with Crippen LogP contribution in [0.2, 0.25) is 0 Å². The van der Waals surface area contributed by atoms with Gasteiger partial charge in [0.1, 0.15) is 6.04 Å². The number of hydrogen-bond donors (Lipinski definition) is 3. The number of carbonyl (C=O) groups is 3. The second-order valence-corrected chi connectivity index (χ2v) is 8.83. The Kier molecular flexibility index (Phi) is 7.74. The summed E-state index contributed by atoms with van der Waals surface area (Å²) in [6.07, 6.45) is 2.91. The standard InChI is InChI=1S/C19H27N3O6S/c1-12(19(25)28-13(2)18(24)21-15-6-4-5-7-15)22-29(26,27)17-10-8-16(9-11-17)20-14(3)23/h8-13,15,22H,4-7H2,1-3H3,(H,20,23)(H,21,24)/t12-,13-/m0/s1. The van der Waals surface area contributed by atoms with E-state index in [9.17, 15) is 22.8 Å². The molecule has 0 aliphatic heterocycles. The van der Waals surface area contributed by atoms with Crippen LogP contribution in [0.25, 0.3) is 0 Å². The van der Waals surface area contributed by atoms with Gasteiger partial charge in [-0.25, -0.2) is 8.42 Å². The van der Waals surface area contributed by atoms with Crippen molar-refractivity contribution in [3.8, 4) is 0 Å². The molecule has 0 aromatic heterocycles. The van der Waals surface area contributed by atoms with Crippen LogP contribution < -0.4 is 15.4 Å². The first kappa shape index (κ1) is 22.8. The Morgan fingerprint density at radius 2 is 1.66 bits per heavy atom. The lowest BCUT2D eigenvalue weighted by Crippen LogP contribution is -2.45. The summed E-state index contributed by atoms with van der Waals surface area (Å²) in [5, 5.41) is 5.37. The molecule has 1 aliphatic rings. The maximum absolute atomic E-state index is 12.4. The van der Waals surface area contributed by atoms with E-state index >= 15 is 0 Å². The van der Waals surface area contributed by atoms with Gasteiger partial charge in [0.05, 0.1) is 4.90 Å². The monoisotopic (exact) mass is 425 g/mol. The van der Waals surface area contributed by atoms with Gasteiger partial charge in [0.25, 0.3) is 5.91 Å². The number of amides is 2. The molecular formula is C19H27N3O6S. The fraction of sp³-hybridized carbons (Fsp3) is 0.526. The first-order chi connectivity index (χ1) is 13.6. The van der Waals surface area contributed by atoms with E-state index in [-0.39, 0.29) is 16.8 Å². The summed E-state index contributed by atoms with van der Waals surface area (Å²) >= 11 is 0. The number of esters is 1. The molecule has 160 valence electrons. The Balaban J connectivity index is 1.91. The molecule has 0 heterocycles. The second-order valence-electron chi connectivity index (χ2n) is 7.12. The minimum Gasteiger partial charge on any atom is -0.451 e. The minimum atomic E-state index is -3.99. The Morgan fingerprint density at radius 1 is 1.07 bits per heavy atom. The van der Waals surface area contributed by atoms with Crippen LogP contribution in [-0.4, -0.2) is 44.4 Å². The molecule has 1 aromatic carbocycles. The van der Waals surface area contributed by atoms with Crippen molar-refractivity contribution >= 4 is 33.5 Å². The zero-order valence-corrected chi connectivity index (χ0v) is 17.5. The van der Waals surface area contributed by atoms with Crippen molar-refractivity contribution in [2.45, 2.75) is 69.5 Å². The minimum absolute atomic E-state index is 0.0710. The van der Waals surface area contributed by atoms with Gasteiger partial charge in [0.15, 0.2) is 6.10 Å². The molecule has 2 amide bonds. The van der Waals surface area contributed by atoms with Crippen LogP contribution in [0.1, 0.15) is 46.5 Å². The zero-order chi connectivity index (χ0) is 21.6. The third-order valence-corrected chi connectivity index (χ3v) is 6.09. The van der Waals surface area contributed by atoms with Crippen LogP contribution in [0.3, 0.4) is 0 Å². The molecule has 1 saturated carbocycles. The van der Waals surface area contributed by atoms with E-state index in [0.717, 1.165) is 25.7 Å². The van der Waals surface area contributed by atoms with Crippen molar-refractivity contribution in [1.82, 2.24) is 10.0 Å². The van der Waals surface area contributed by atoms with Crippen molar-refractivity contribution < 1.29 is 27.5 Å². The van der Waals surface area contributed by atoms with Crippen molar-refractivity contribution in [2.24, 2.45) is 0 Å². The number of nitrogens with one attached hydrogen (secondary N) is 3. The predicted molar refractivity (Wildman–Crippen MR) is 106 cm³/mol. The molecule has 0 unspecified atom stereocenters. The number of carbonyl (C=O) groups excluding carboxylic acids is 3.